The second-order valence-corrected chi connectivity index (χ2v) is 7.06. The van der Waals surface area contributed by atoms with Crippen LogP contribution in [0, 0.1) is 0 Å². The summed E-state index contributed by atoms with van der Waals surface area (Å²) in [5, 5.41) is 7.75. The lowest BCUT2D eigenvalue weighted by Crippen LogP contribution is -2.34. The number of nitrogens with zero attached hydrogens (tertiary/aromatic N) is 2. The Kier molecular flexibility index (Phi) is 5.90. The summed E-state index contributed by atoms with van der Waals surface area (Å²) in [5.74, 6) is -0.115. The average Bonchev–Trinajstić information content (AvgIpc) is 3.48. The first-order valence-corrected chi connectivity index (χ1v) is 9.89. The molecule has 0 radical (unpaired) electrons. The highest BCUT2D eigenvalue weighted by molar-refractivity contribution is 5.98. The van der Waals surface area contributed by atoms with Crippen LogP contribution in [0.3, 0.4) is 0 Å². The molecule has 1 aromatic heterocycles. The Morgan fingerprint density at radius 2 is 1.90 bits per heavy atom. The number of para-hydroxylation sites is 2. The maximum absolute atomic E-state index is 12.9. The van der Waals surface area contributed by atoms with Crippen molar-refractivity contribution in [3.05, 3.63) is 66.4 Å². The highest BCUT2D eigenvalue weighted by Gasteiger charge is 2.26. The Morgan fingerprint density at radius 3 is 2.63 bits per heavy atom. The number of ketones is 1. The van der Waals surface area contributed by atoms with E-state index < -0.39 is 5.97 Å². The number of hydrogen-bond donors (Lipinski definition) is 1. The third-order valence-electron chi connectivity index (χ3n) is 5.11. The lowest BCUT2D eigenvalue weighted by Gasteiger charge is -2.10. The molecule has 4 rings (SSSR count). The van der Waals surface area contributed by atoms with Crippen molar-refractivity contribution in [1.29, 1.82) is 0 Å². The molecule has 0 bridgehead atoms. The van der Waals surface area contributed by atoms with Crippen molar-refractivity contribution in [3.8, 4) is 22.7 Å². The number of ether oxygens (including phenoxy) is 2. The van der Waals surface area contributed by atoms with Gasteiger partial charge >= 0.3 is 5.97 Å². The van der Waals surface area contributed by atoms with Gasteiger partial charge in [-0.3, -0.25) is 4.79 Å². The van der Waals surface area contributed by atoms with Crippen LogP contribution in [0.5, 0.6) is 5.75 Å². The van der Waals surface area contributed by atoms with Crippen LogP contribution in [0.2, 0.25) is 0 Å². The van der Waals surface area contributed by atoms with Crippen LogP contribution < -0.4 is 10.1 Å². The molecule has 1 aliphatic heterocycles. The number of rotatable bonds is 7. The molecule has 7 heteroatoms. The molecule has 30 heavy (non-hydrogen) atoms. The molecule has 1 N–H and O–H groups in total. The van der Waals surface area contributed by atoms with Crippen molar-refractivity contribution in [2.24, 2.45) is 0 Å². The minimum absolute atomic E-state index is 0.116. The summed E-state index contributed by atoms with van der Waals surface area (Å²) in [6.45, 7) is 0.546. The summed E-state index contributed by atoms with van der Waals surface area (Å²) in [7, 11) is 1.57. The van der Waals surface area contributed by atoms with Crippen LogP contribution in [0.4, 0.5) is 0 Å². The Hall–Kier alpha value is -3.45. The summed E-state index contributed by atoms with van der Waals surface area (Å²) in [6, 6.07) is 16.6. The van der Waals surface area contributed by atoms with E-state index in [1.165, 1.54) is 0 Å². The minimum atomic E-state index is -0.593. The van der Waals surface area contributed by atoms with E-state index in [9.17, 15) is 9.59 Å². The third kappa shape index (κ3) is 4.11. The molecule has 1 aliphatic rings. The summed E-state index contributed by atoms with van der Waals surface area (Å²) in [4.78, 5) is 25.2. The number of carbonyl (C=O) groups is 2. The first kappa shape index (κ1) is 19.8. The fourth-order valence-corrected chi connectivity index (χ4v) is 3.55. The molecule has 7 nitrogen and oxygen atoms in total. The number of hydrogen-bond acceptors (Lipinski definition) is 6. The van der Waals surface area contributed by atoms with Gasteiger partial charge in [0.25, 0.3) is 0 Å². The fraction of sp³-hybridized carbons (Fsp3) is 0.261. The molecule has 2 aromatic carbocycles. The molecule has 2 heterocycles. The average molecular weight is 405 g/mol. The summed E-state index contributed by atoms with van der Waals surface area (Å²) >= 11 is 0. The van der Waals surface area contributed by atoms with Crippen LogP contribution in [0.25, 0.3) is 16.9 Å². The molecule has 0 aliphatic carbocycles. The van der Waals surface area contributed by atoms with Crippen LogP contribution >= 0.6 is 0 Å². The lowest BCUT2D eigenvalue weighted by molar-refractivity contribution is -0.123. The van der Waals surface area contributed by atoms with Crippen molar-refractivity contribution in [3.63, 3.8) is 0 Å². The van der Waals surface area contributed by atoms with Crippen LogP contribution in [0.15, 0.2) is 60.8 Å². The normalized spacial score (nSPS) is 15.7. The molecule has 1 unspecified atom stereocenters. The van der Waals surface area contributed by atoms with E-state index in [4.69, 9.17) is 9.47 Å². The molecule has 3 aromatic rings. The molecule has 1 fully saturated rings. The van der Waals surface area contributed by atoms with E-state index in [1.54, 1.807) is 24.1 Å². The number of aromatic nitrogens is 2. The Balaban J connectivity index is 1.65. The van der Waals surface area contributed by atoms with Gasteiger partial charge in [-0.25, -0.2) is 9.48 Å². The zero-order chi connectivity index (χ0) is 20.9. The molecular formula is C23H23N3O4. The molecule has 154 valence electrons. The smallest absolute Gasteiger partial charge is 0.342 e. The molecule has 0 amide bonds. The summed E-state index contributed by atoms with van der Waals surface area (Å²) < 4.78 is 12.4. The number of esters is 1. The van der Waals surface area contributed by atoms with Crippen LogP contribution in [-0.4, -0.2) is 47.8 Å². The number of methoxy groups -OCH3 is 1. The largest absolute Gasteiger partial charge is 0.496 e. The Morgan fingerprint density at radius 1 is 1.13 bits per heavy atom. The Bertz CT molecular complexity index is 1040. The zero-order valence-corrected chi connectivity index (χ0v) is 16.7. The van der Waals surface area contributed by atoms with Gasteiger partial charge in [-0.05, 0) is 43.7 Å². The van der Waals surface area contributed by atoms with Crippen molar-refractivity contribution in [2.75, 3.05) is 20.3 Å². The molecule has 1 atom stereocenters. The van der Waals surface area contributed by atoms with Crippen LogP contribution in [-0.2, 0) is 9.53 Å². The van der Waals surface area contributed by atoms with Gasteiger partial charge in [0.2, 0.25) is 0 Å². The molecule has 0 spiro atoms. The maximum atomic E-state index is 12.9. The quantitative estimate of drug-likeness (QED) is 0.609. The van der Waals surface area contributed by atoms with Gasteiger partial charge in [0.1, 0.15) is 17.0 Å². The standard InChI is InChI=1S/C23H23N3O4/c1-29-21-12-6-5-10-17(21)22-18(14-26(25-22)16-8-3-2-4-9-16)23(28)30-15-20(27)19-11-7-13-24-19/h2-6,8-10,12,14,19,24H,7,11,13,15H2,1H3. The highest BCUT2D eigenvalue weighted by Crippen LogP contribution is 2.32. The van der Waals surface area contributed by atoms with E-state index in [2.05, 4.69) is 10.4 Å². The Labute approximate surface area is 174 Å². The monoisotopic (exact) mass is 405 g/mol. The topological polar surface area (TPSA) is 82.5 Å². The van der Waals surface area contributed by atoms with Gasteiger partial charge in [-0.1, -0.05) is 30.3 Å². The van der Waals surface area contributed by atoms with E-state index in [1.807, 2.05) is 48.5 Å². The molecule has 1 saturated heterocycles. The van der Waals surface area contributed by atoms with E-state index in [0.29, 0.717) is 17.0 Å². The number of carbonyl (C=O) groups excluding carboxylic acids is 2. The van der Waals surface area contributed by atoms with Crippen molar-refractivity contribution in [1.82, 2.24) is 15.1 Å². The van der Waals surface area contributed by atoms with Gasteiger partial charge in [-0.2, -0.15) is 5.10 Å². The van der Waals surface area contributed by atoms with Crippen molar-refractivity contribution >= 4 is 11.8 Å². The highest BCUT2D eigenvalue weighted by atomic mass is 16.5. The maximum Gasteiger partial charge on any atom is 0.342 e. The van der Waals surface area contributed by atoms with Crippen molar-refractivity contribution in [2.45, 2.75) is 18.9 Å². The fourth-order valence-electron chi connectivity index (χ4n) is 3.55. The van der Waals surface area contributed by atoms with E-state index in [-0.39, 0.29) is 24.0 Å². The number of benzene rings is 2. The van der Waals surface area contributed by atoms with E-state index in [0.717, 1.165) is 25.1 Å². The van der Waals surface area contributed by atoms with Crippen molar-refractivity contribution < 1.29 is 19.1 Å². The number of nitrogens with one attached hydrogen (secondary N) is 1. The SMILES string of the molecule is COc1ccccc1-c1nn(-c2ccccc2)cc1C(=O)OCC(=O)C1CCCN1. The second kappa shape index (κ2) is 8.92. The van der Waals surface area contributed by atoms with Crippen LogP contribution in [0.1, 0.15) is 23.2 Å². The first-order valence-electron chi connectivity index (χ1n) is 9.89. The second-order valence-electron chi connectivity index (χ2n) is 7.06. The third-order valence-corrected chi connectivity index (χ3v) is 5.11. The zero-order valence-electron chi connectivity index (χ0n) is 16.7. The molecular weight excluding hydrogens is 382 g/mol. The summed E-state index contributed by atoms with van der Waals surface area (Å²) in [6.07, 6.45) is 3.35. The minimum Gasteiger partial charge on any atom is -0.496 e. The molecule has 0 saturated carbocycles. The van der Waals surface area contributed by atoms with Gasteiger partial charge in [0.05, 0.1) is 18.8 Å². The van der Waals surface area contributed by atoms with Gasteiger partial charge in [0.15, 0.2) is 12.4 Å². The summed E-state index contributed by atoms with van der Waals surface area (Å²) in [5.41, 5.74) is 2.19. The van der Waals surface area contributed by atoms with Gasteiger partial charge in [-0.15, -0.1) is 0 Å². The predicted octanol–water partition coefficient (Wildman–Crippen LogP) is 3.03. The van der Waals surface area contributed by atoms with Gasteiger partial charge in [0, 0.05) is 11.8 Å². The first-order chi connectivity index (χ1) is 14.7. The van der Waals surface area contributed by atoms with E-state index >= 15 is 0 Å². The predicted molar refractivity (Wildman–Crippen MR) is 112 cm³/mol. The van der Waals surface area contributed by atoms with Gasteiger partial charge < -0.3 is 14.8 Å². The lowest BCUT2D eigenvalue weighted by atomic mass is 10.1. The number of Topliss-reactive ketones (excluding diaryl/α,β-unsaturated/α-hetero) is 1.